The third-order valence-corrected chi connectivity index (χ3v) is 7.09. The smallest absolute Gasteiger partial charge is 0.173 e. The van der Waals surface area contributed by atoms with Crippen molar-refractivity contribution >= 4 is 5.69 Å². The Morgan fingerprint density at radius 1 is 0.865 bits per heavy atom. The zero-order valence-electron chi connectivity index (χ0n) is 22.0. The van der Waals surface area contributed by atoms with Gasteiger partial charge in [-0.15, -0.1) is 5.10 Å². The van der Waals surface area contributed by atoms with Gasteiger partial charge in [-0.05, 0) is 53.1 Å². The van der Waals surface area contributed by atoms with Gasteiger partial charge in [0.25, 0.3) is 0 Å². The van der Waals surface area contributed by atoms with E-state index in [2.05, 4.69) is 75.6 Å². The van der Waals surface area contributed by atoms with Gasteiger partial charge >= 0.3 is 0 Å². The number of anilines is 1. The zero-order chi connectivity index (χ0) is 25.8. The first-order chi connectivity index (χ1) is 18.1. The molecule has 3 aromatic carbocycles. The average Bonchev–Trinajstić information content (AvgIpc) is 3.38. The number of tetrazole rings is 1. The van der Waals surface area contributed by atoms with Crippen LogP contribution in [0.5, 0.6) is 11.5 Å². The van der Waals surface area contributed by atoms with Crippen LogP contribution < -0.4 is 14.4 Å². The first-order valence-electron chi connectivity index (χ1n) is 12.7. The van der Waals surface area contributed by atoms with Crippen LogP contribution in [-0.2, 0) is 6.54 Å². The highest BCUT2D eigenvalue weighted by atomic mass is 16.5. The van der Waals surface area contributed by atoms with Gasteiger partial charge in [0.15, 0.2) is 17.3 Å². The summed E-state index contributed by atoms with van der Waals surface area (Å²) in [7, 11) is 3.35. The van der Waals surface area contributed by atoms with E-state index in [0.717, 1.165) is 43.1 Å². The van der Waals surface area contributed by atoms with Gasteiger partial charge in [-0.2, -0.15) is 0 Å². The van der Waals surface area contributed by atoms with Crippen molar-refractivity contribution in [1.29, 1.82) is 0 Å². The van der Waals surface area contributed by atoms with Crippen molar-refractivity contribution in [2.75, 3.05) is 45.3 Å². The van der Waals surface area contributed by atoms with Crippen LogP contribution in [0.15, 0.2) is 66.7 Å². The van der Waals surface area contributed by atoms with E-state index in [0.29, 0.717) is 18.0 Å². The minimum atomic E-state index is -0.190. The largest absolute Gasteiger partial charge is 0.493 e. The Kier molecular flexibility index (Phi) is 7.37. The molecule has 2 heterocycles. The Bertz CT molecular complexity index is 1330. The van der Waals surface area contributed by atoms with Crippen molar-refractivity contribution in [1.82, 2.24) is 25.1 Å². The first kappa shape index (κ1) is 24.8. The Morgan fingerprint density at radius 3 is 2.38 bits per heavy atom. The van der Waals surface area contributed by atoms with Gasteiger partial charge in [0, 0.05) is 37.4 Å². The van der Waals surface area contributed by atoms with Crippen molar-refractivity contribution in [3.05, 3.63) is 94.8 Å². The fraction of sp³-hybridized carbons (Fsp3) is 0.345. The molecule has 0 bridgehead atoms. The molecule has 8 nitrogen and oxygen atoms in total. The summed E-state index contributed by atoms with van der Waals surface area (Å²) in [5.74, 6) is 2.19. The number of nitrogens with zero attached hydrogens (tertiary/aromatic N) is 6. The van der Waals surface area contributed by atoms with Crippen molar-refractivity contribution in [3.8, 4) is 11.5 Å². The lowest BCUT2D eigenvalue weighted by Crippen LogP contribution is -2.48. The number of para-hydroxylation sites is 1. The quantitative estimate of drug-likeness (QED) is 0.359. The fourth-order valence-corrected chi connectivity index (χ4v) is 5.18. The normalized spacial score (nSPS) is 15.0. The molecule has 1 aromatic heterocycles. The predicted octanol–water partition coefficient (Wildman–Crippen LogP) is 4.27. The second kappa shape index (κ2) is 11.0. The SMILES string of the molecule is COc1cccc([C@@H](c2nnnn2Cc2ccccc2)N2CCN(c3cc(C)ccc3C)CC2)c1OC. The highest BCUT2D eigenvalue weighted by Crippen LogP contribution is 2.40. The van der Waals surface area contributed by atoms with Gasteiger partial charge in [-0.3, -0.25) is 4.90 Å². The molecule has 8 heteroatoms. The number of hydrogen-bond donors (Lipinski definition) is 0. The molecule has 0 amide bonds. The standard InChI is InChI=1S/C29H34N6O2/c1-21-13-14-22(2)25(19-21)33-15-17-34(18-16-33)27(24-11-8-12-26(36-3)28(24)37-4)29-30-31-32-35(29)20-23-9-6-5-7-10-23/h5-14,19,27H,15-18,20H2,1-4H3/t27-/m0/s1. The minimum Gasteiger partial charge on any atom is -0.493 e. The first-order valence-corrected chi connectivity index (χ1v) is 12.7. The van der Waals surface area contributed by atoms with E-state index in [9.17, 15) is 0 Å². The second-order valence-electron chi connectivity index (χ2n) is 9.48. The van der Waals surface area contributed by atoms with Crippen LogP contribution in [-0.4, -0.2) is 65.5 Å². The molecule has 1 fully saturated rings. The lowest BCUT2D eigenvalue weighted by molar-refractivity contribution is 0.197. The van der Waals surface area contributed by atoms with Crippen molar-refractivity contribution in [2.45, 2.75) is 26.4 Å². The predicted molar refractivity (Wildman–Crippen MR) is 144 cm³/mol. The fourth-order valence-electron chi connectivity index (χ4n) is 5.18. The molecule has 0 saturated carbocycles. The van der Waals surface area contributed by atoms with E-state index in [-0.39, 0.29) is 6.04 Å². The summed E-state index contributed by atoms with van der Waals surface area (Å²) in [6.07, 6.45) is 0. The number of benzene rings is 3. The van der Waals surface area contributed by atoms with Gasteiger partial charge < -0.3 is 14.4 Å². The van der Waals surface area contributed by atoms with E-state index in [4.69, 9.17) is 9.47 Å². The molecule has 1 atom stereocenters. The maximum absolute atomic E-state index is 5.87. The molecule has 0 aliphatic carbocycles. The summed E-state index contributed by atoms with van der Waals surface area (Å²) >= 11 is 0. The Labute approximate surface area is 218 Å². The van der Waals surface area contributed by atoms with Gasteiger partial charge in [0.1, 0.15) is 6.04 Å². The third kappa shape index (κ3) is 5.15. The molecule has 37 heavy (non-hydrogen) atoms. The minimum absolute atomic E-state index is 0.190. The number of rotatable bonds is 8. The second-order valence-corrected chi connectivity index (χ2v) is 9.48. The Balaban J connectivity index is 1.50. The van der Waals surface area contributed by atoms with Crippen LogP contribution >= 0.6 is 0 Å². The summed E-state index contributed by atoms with van der Waals surface area (Å²) in [5.41, 5.74) is 6.03. The number of aryl methyl sites for hydroxylation is 2. The summed E-state index contributed by atoms with van der Waals surface area (Å²) in [6.45, 7) is 8.46. The van der Waals surface area contributed by atoms with Gasteiger partial charge in [0.2, 0.25) is 0 Å². The van der Waals surface area contributed by atoms with Crippen molar-refractivity contribution in [2.24, 2.45) is 0 Å². The van der Waals surface area contributed by atoms with Crippen molar-refractivity contribution in [3.63, 3.8) is 0 Å². The molecule has 0 unspecified atom stereocenters. The van der Waals surface area contributed by atoms with Crippen LogP contribution in [0.3, 0.4) is 0 Å². The van der Waals surface area contributed by atoms with Crippen LogP contribution in [0.25, 0.3) is 0 Å². The molecular weight excluding hydrogens is 464 g/mol. The van der Waals surface area contributed by atoms with Crippen LogP contribution in [0.2, 0.25) is 0 Å². The molecule has 0 spiro atoms. The van der Waals surface area contributed by atoms with E-state index in [1.807, 2.05) is 35.0 Å². The summed E-state index contributed by atoms with van der Waals surface area (Å²) < 4.78 is 13.4. The van der Waals surface area contributed by atoms with Crippen molar-refractivity contribution < 1.29 is 9.47 Å². The molecule has 1 aliphatic heterocycles. The number of piperazine rings is 1. The average molecular weight is 499 g/mol. The lowest BCUT2D eigenvalue weighted by atomic mass is 10.0. The number of ether oxygens (including phenoxy) is 2. The molecule has 1 aliphatic rings. The molecule has 0 radical (unpaired) electrons. The molecule has 5 rings (SSSR count). The molecule has 192 valence electrons. The summed E-state index contributed by atoms with van der Waals surface area (Å²) in [5, 5.41) is 13.0. The van der Waals surface area contributed by atoms with Gasteiger partial charge in [0.05, 0.1) is 20.8 Å². The molecule has 0 N–H and O–H groups in total. The van der Waals surface area contributed by atoms with E-state index < -0.39 is 0 Å². The third-order valence-electron chi connectivity index (χ3n) is 7.09. The summed E-state index contributed by atoms with van der Waals surface area (Å²) in [6, 6.07) is 22.8. The topological polar surface area (TPSA) is 68.5 Å². The number of aromatic nitrogens is 4. The molecule has 1 saturated heterocycles. The number of hydrogen-bond acceptors (Lipinski definition) is 7. The van der Waals surface area contributed by atoms with E-state index >= 15 is 0 Å². The highest BCUT2D eigenvalue weighted by molar-refractivity contribution is 5.55. The Hall–Kier alpha value is -3.91. The van der Waals surface area contributed by atoms with Crippen LogP contribution in [0.1, 0.15) is 34.1 Å². The molecular formula is C29H34N6O2. The van der Waals surface area contributed by atoms with Gasteiger partial charge in [-0.25, -0.2) is 4.68 Å². The highest BCUT2D eigenvalue weighted by Gasteiger charge is 2.33. The van der Waals surface area contributed by atoms with E-state index in [1.54, 1.807) is 14.2 Å². The summed E-state index contributed by atoms with van der Waals surface area (Å²) in [4.78, 5) is 4.93. The lowest BCUT2D eigenvalue weighted by Gasteiger charge is -2.40. The number of methoxy groups -OCH3 is 2. The monoisotopic (exact) mass is 498 g/mol. The van der Waals surface area contributed by atoms with Gasteiger partial charge in [-0.1, -0.05) is 54.6 Å². The van der Waals surface area contributed by atoms with Crippen LogP contribution in [0, 0.1) is 13.8 Å². The maximum Gasteiger partial charge on any atom is 0.173 e. The maximum atomic E-state index is 5.87. The molecule has 4 aromatic rings. The Morgan fingerprint density at radius 2 is 1.65 bits per heavy atom. The van der Waals surface area contributed by atoms with E-state index in [1.165, 1.54) is 16.8 Å². The zero-order valence-corrected chi connectivity index (χ0v) is 22.0. The van der Waals surface area contributed by atoms with Crippen LogP contribution in [0.4, 0.5) is 5.69 Å².